The van der Waals surface area contributed by atoms with Crippen LogP contribution in [0.2, 0.25) is 5.02 Å². The van der Waals surface area contributed by atoms with Gasteiger partial charge in [-0.05, 0) is 30.7 Å². The van der Waals surface area contributed by atoms with Crippen molar-refractivity contribution in [1.29, 1.82) is 0 Å². The molecule has 2 N–H and O–H groups in total. The van der Waals surface area contributed by atoms with Crippen molar-refractivity contribution in [3.63, 3.8) is 0 Å². The van der Waals surface area contributed by atoms with Gasteiger partial charge in [0.1, 0.15) is 5.82 Å². The first-order valence-electron chi connectivity index (χ1n) is 5.28. The van der Waals surface area contributed by atoms with Crippen molar-refractivity contribution in [2.45, 2.75) is 12.5 Å². The van der Waals surface area contributed by atoms with E-state index in [2.05, 4.69) is 4.98 Å². The minimum absolute atomic E-state index is 0.330. The van der Waals surface area contributed by atoms with Gasteiger partial charge in [0.05, 0.1) is 11.7 Å². The fourth-order valence-electron chi connectivity index (χ4n) is 1.65. The maximum absolute atomic E-state index is 13.6. The third-order valence-corrected chi connectivity index (χ3v) is 2.91. The zero-order chi connectivity index (χ0) is 12.3. The average Bonchev–Trinajstić information content (AvgIpc) is 2.35. The maximum Gasteiger partial charge on any atom is 0.127 e. The van der Waals surface area contributed by atoms with Crippen LogP contribution in [-0.4, -0.2) is 4.98 Å². The van der Waals surface area contributed by atoms with Crippen molar-refractivity contribution in [2.24, 2.45) is 5.73 Å². The van der Waals surface area contributed by atoms with Crippen molar-refractivity contribution in [2.75, 3.05) is 0 Å². The molecular weight excluding hydrogens is 239 g/mol. The molecule has 0 saturated heterocycles. The molecule has 1 aromatic heterocycles. The molecule has 2 aromatic rings. The topological polar surface area (TPSA) is 38.9 Å². The van der Waals surface area contributed by atoms with Gasteiger partial charge in [0.25, 0.3) is 0 Å². The third-order valence-electron chi connectivity index (χ3n) is 2.55. The predicted octanol–water partition coefficient (Wildman–Crippen LogP) is 3.12. The van der Waals surface area contributed by atoms with Gasteiger partial charge in [-0.25, -0.2) is 4.39 Å². The van der Waals surface area contributed by atoms with Gasteiger partial charge < -0.3 is 5.73 Å². The van der Waals surface area contributed by atoms with Crippen LogP contribution in [0.15, 0.2) is 42.6 Å². The van der Waals surface area contributed by atoms with E-state index in [-0.39, 0.29) is 11.9 Å². The molecule has 88 valence electrons. The van der Waals surface area contributed by atoms with E-state index in [1.807, 2.05) is 18.2 Å². The van der Waals surface area contributed by atoms with E-state index < -0.39 is 0 Å². The zero-order valence-electron chi connectivity index (χ0n) is 9.11. The lowest BCUT2D eigenvalue weighted by Crippen LogP contribution is -2.15. The molecule has 1 unspecified atom stereocenters. The summed E-state index contributed by atoms with van der Waals surface area (Å²) >= 11 is 5.95. The number of halogens is 2. The SMILES string of the molecule is NC(Cc1c(F)cccc1Cl)c1ccccn1. The molecule has 4 heteroatoms. The summed E-state index contributed by atoms with van der Waals surface area (Å²) in [7, 11) is 0. The lowest BCUT2D eigenvalue weighted by atomic mass is 10.0. The standard InChI is InChI=1S/C13H12ClFN2/c14-10-4-3-5-11(15)9(10)8-12(16)13-6-1-2-7-17-13/h1-7,12H,8,16H2. The van der Waals surface area contributed by atoms with E-state index >= 15 is 0 Å². The molecule has 17 heavy (non-hydrogen) atoms. The second-order valence-corrected chi connectivity index (χ2v) is 4.17. The Bertz CT molecular complexity index is 482. The molecule has 0 fully saturated rings. The van der Waals surface area contributed by atoms with E-state index in [1.165, 1.54) is 6.07 Å². The molecule has 1 heterocycles. The average molecular weight is 251 g/mol. The van der Waals surface area contributed by atoms with Crippen molar-refractivity contribution < 1.29 is 4.39 Å². The van der Waals surface area contributed by atoms with Gasteiger partial charge in [-0.15, -0.1) is 0 Å². The van der Waals surface area contributed by atoms with Crippen LogP contribution in [0.25, 0.3) is 0 Å². The third kappa shape index (κ3) is 2.81. The van der Waals surface area contributed by atoms with Crippen LogP contribution in [0.4, 0.5) is 4.39 Å². The Labute approximate surface area is 104 Å². The van der Waals surface area contributed by atoms with Gasteiger partial charge in [-0.1, -0.05) is 23.7 Å². The molecule has 0 aliphatic heterocycles. The molecule has 0 bridgehead atoms. The second-order valence-electron chi connectivity index (χ2n) is 3.77. The number of benzene rings is 1. The summed E-state index contributed by atoms with van der Waals surface area (Å²) in [6, 6.07) is 9.74. The van der Waals surface area contributed by atoms with Gasteiger partial charge in [0.2, 0.25) is 0 Å². The van der Waals surface area contributed by atoms with Crippen LogP contribution < -0.4 is 5.73 Å². The first-order chi connectivity index (χ1) is 8.18. The monoisotopic (exact) mass is 250 g/mol. The number of aromatic nitrogens is 1. The Kier molecular flexibility index (Phi) is 3.71. The van der Waals surface area contributed by atoms with E-state index in [1.54, 1.807) is 18.3 Å². The van der Waals surface area contributed by atoms with E-state index in [0.29, 0.717) is 17.0 Å². The number of hydrogen-bond donors (Lipinski definition) is 1. The van der Waals surface area contributed by atoms with Crippen LogP contribution in [0, 0.1) is 5.82 Å². The van der Waals surface area contributed by atoms with Gasteiger partial charge in [-0.2, -0.15) is 0 Å². The Morgan fingerprint density at radius 2 is 2.06 bits per heavy atom. The van der Waals surface area contributed by atoms with Crippen molar-refractivity contribution >= 4 is 11.6 Å². The number of pyridine rings is 1. The highest BCUT2D eigenvalue weighted by molar-refractivity contribution is 6.31. The van der Waals surface area contributed by atoms with Crippen LogP contribution in [0.1, 0.15) is 17.3 Å². The first kappa shape index (κ1) is 12.0. The minimum Gasteiger partial charge on any atom is -0.322 e. The van der Waals surface area contributed by atoms with Crippen molar-refractivity contribution in [3.8, 4) is 0 Å². The Balaban J connectivity index is 2.22. The van der Waals surface area contributed by atoms with Crippen LogP contribution >= 0.6 is 11.6 Å². The molecule has 0 saturated carbocycles. The largest absolute Gasteiger partial charge is 0.322 e. The van der Waals surface area contributed by atoms with Crippen molar-refractivity contribution in [1.82, 2.24) is 4.98 Å². The van der Waals surface area contributed by atoms with Crippen LogP contribution in [0.3, 0.4) is 0 Å². The molecule has 1 aromatic carbocycles. The summed E-state index contributed by atoms with van der Waals surface area (Å²) in [5, 5.41) is 0.399. The number of hydrogen-bond acceptors (Lipinski definition) is 2. The lowest BCUT2D eigenvalue weighted by molar-refractivity contribution is 0.590. The molecule has 0 spiro atoms. The molecule has 0 aliphatic carbocycles. The smallest absolute Gasteiger partial charge is 0.127 e. The van der Waals surface area contributed by atoms with Crippen molar-refractivity contribution in [3.05, 3.63) is 64.7 Å². The fraction of sp³-hybridized carbons (Fsp3) is 0.154. The maximum atomic E-state index is 13.6. The first-order valence-corrected chi connectivity index (χ1v) is 5.65. The summed E-state index contributed by atoms with van der Waals surface area (Å²) in [6.07, 6.45) is 2.00. The molecular formula is C13H12ClFN2. The number of nitrogens with two attached hydrogens (primary N) is 1. The van der Waals surface area contributed by atoms with Crippen LogP contribution in [0.5, 0.6) is 0 Å². The molecule has 0 aliphatic rings. The second kappa shape index (κ2) is 5.25. The van der Waals surface area contributed by atoms with E-state index in [9.17, 15) is 4.39 Å². The number of nitrogens with zero attached hydrogens (tertiary/aromatic N) is 1. The summed E-state index contributed by atoms with van der Waals surface area (Å²) in [4.78, 5) is 4.14. The van der Waals surface area contributed by atoms with Gasteiger partial charge in [0, 0.05) is 16.8 Å². The molecule has 2 nitrogen and oxygen atoms in total. The van der Waals surface area contributed by atoms with Gasteiger partial charge in [-0.3, -0.25) is 4.98 Å². The minimum atomic E-state index is -0.356. The summed E-state index contributed by atoms with van der Waals surface area (Å²) < 4.78 is 13.6. The summed E-state index contributed by atoms with van der Waals surface area (Å²) in [5.74, 6) is -0.330. The fourth-order valence-corrected chi connectivity index (χ4v) is 1.89. The highest BCUT2D eigenvalue weighted by atomic mass is 35.5. The quantitative estimate of drug-likeness (QED) is 0.909. The molecule has 0 radical (unpaired) electrons. The van der Waals surface area contributed by atoms with Gasteiger partial charge >= 0.3 is 0 Å². The Morgan fingerprint density at radius 3 is 2.71 bits per heavy atom. The van der Waals surface area contributed by atoms with E-state index in [4.69, 9.17) is 17.3 Å². The van der Waals surface area contributed by atoms with E-state index in [0.717, 1.165) is 5.69 Å². The molecule has 0 amide bonds. The number of rotatable bonds is 3. The Morgan fingerprint density at radius 1 is 1.24 bits per heavy atom. The predicted molar refractivity (Wildman–Crippen MR) is 66.3 cm³/mol. The highest BCUT2D eigenvalue weighted by Crippen LogP contribution is 2.23. The molecule has 2 rings (SSSR count). The lowest BCUT2D eigenvalue weighted by Gasteiger charge is -2.12. The highest BCUT2D eigenvalue weighted by Gasteiger charge is 2.13. The normalized spacial score (nSPS) is 12.4. The zero-order valence-corrected chi connectivity index (χ0v) is 9.86. The van der Waals surface area contributed by atoms with Gasteiger partial charge in [0.15, 0.2) is 0 Å². The summed E-state index contributed by atoms with van der Waals surface area (Å²) in [6.45, 7) is 0. The Hall–Kier alpha value is -1.45. The molecule has 1 atom stereocenters. The van der Waals surface area contributed by atoms with Crippen LogP contribution in [-0.2, 0) is 6.42 Å². The summed E-state index contributed by atoms with van der Waals surface area (Å²) in [5.41, 5.74) is 7.14.